The molecule has 20 heavy (non-hydrogen) atoms. The molecule has 110 valence electrons. The lowest BCUT2D eigenvalue weighted by molar-refractivity contribution is -0.137. The average molecular weight is 276 g/mol. The quantitative estimate of drug-likeness (QED) is 0.385. The van der Waals surface area contributed by atoms with E-state index in [0.717, 1.165) is 24.2 Å². The first-order valence-corrected chi connectivity index (χ1v) is 7.25. The highest BCUT2D eigenvalue weighted by molar-refractivity contribution is 5.87. The van der Waals surface area contributed by atoms with Crippen LogP contribution in [0.25, 0.3) is 6.08 Å². The van der Waals surface area contributed by atoms with E-state index >= 15 is 0 Å². The van der Waals surface area contributed by atoms with Crippen LogP contribution in [0.1, 0.15) is 44.6 Å². The van der Waals surface area contributed by atoms with E-state index < -0.39 is 0 Å². The van der Waals surface area contributed by atoms with Crippen LogP contribution >= 0.6 is 0 Å². The van der Waals surface area contributed by atoms with Crippen LogP contribution in [0, 0.1) is 0 Å². The molecule has 0 heterocycles. The Morgan fingerprint density at radius 1 is 1.10 bits per heavy atom. The summed E-state index contributed by atoms with van der Waals surface area (Å²) in [5.41, 5.74) is 0.950. The standard InChI is InChI=1S/C17H24O3/c1-3-4-5-6-7-14-20-17(18)13-10-15-8-11-16(19-2)12-9-15/h8-13H,3-7,14H2,1-2H3/b13-10+. The molecule has 0 aromatic heterocycles. The molecule has 0 aliphatic heterocycles. The van der Waals surface area contributed by atoms with Gasteiger partial charge in [-0.15, -0.1) is 0 Å². The Kier molecular flexibility index (Phi) is 8.20. The lowest BCUT2D eigenvalue weighted by atomic mass is 10.2. The van der Waals surface area contributed by atoms with Gasteiger partial charge in [0.2, 0.25) is 0 Å². The number of rotatable bonds is 9. The van der Waals surface area contributed by atoms with Crippen molar-refractivity contribution >= 4 is 12.0 Å². The monoisotopic (exact) mass is 276 g/mol. The molecule has 0 aliphatic rings. The average Bonchev–Trinajstić information content (AvgIpc) is 2.49. The molecule has 0 fully saturated rings. The van der Waals surface area contributed by atoms with Crippen LogP contribution in [0.5, 0.6) is 5.75 Å². The van der Waals surface area contributed by atoms with Crippen molar-refractivity contribution in [3.05, 3.63) is 35.9 Å². The fraction of sp³-hybridized carbons (Fsp3) is 0.471. The first-order chi connectivity index (χ1) is 9.76. The summed E-state index contributed by atoms with van der Waals surface area (Å²) >= 11 is 0. The minimum absolute atomic E-state index is 0.281. The maximum Gasteiger partial charge on any atom is 0.330 e. The zero-order valence-electron chi connectivity index (χ0n) is 12.4. The number of methoxy groups -OCH3 is 1. The van der Waals surface area contributed by atoms with Crippen molar-refractivity contribution in [2.75, 3.05) is 13.7 Å². The van der Waals surface area contributed by atoms with E-state index in [1.54, 1.807) is 13.2 Å². The Hall–Kier alpha value is -1.77. The van der Waals surface area contributed by atoms with Crippen molar-refractivity contribution in [2.45, 2.75) is 39.0 Å². The van der Waals surface area contributed by atoms with Crippen LogP contribution in [-0.2, 0) is 9.53 Å². The van der Waals surface area contributed by atoms with Crippen LogP contribution in [-0.4, -0.2) is 19.7 Å². The van der Waals surface area contributed by atoms with Crippen LogP contribution < -0.4 is 4.74 Å². The van der Waals surface area contributed by atoms with Gasteiger partial charge in [0, 0.05) is 6.08 Å². The maximum atomic E-state index is 11.5. The fourth-order valence-electron chi connectivity index (χ4n) is 1.81. The molecule has 0 amide bonds. The second-order valence-electron chi connectivity index (χ2n) is 4.69. The molecule has 0 atom stereocenters. The van der Waals surface area contributed by atoms with Gasteiger partial charge in [-0.25, -0.2) is 4.79 Å². The Bertz CT molecular complexity index is 407. The number of benzene rings is 1. The summed E-state index contributed by atoms with van der Waals surface area (Å²) in [6, 6.07) is 7.51. The lowest BCUT2D eigenvalue weighted by Gasteiger charge is -2.02. The van der Waals surface area contributed by atoms with E-state index in [-0.39, 0.29) is 5.97 Å². The van der Waals surface area contributed by atoms with E-state index in [1.165, 1.54) is 25.3 Å². The molecule has 0 radical (unpaired) electrons. The minimum atomic E-state index is -0.281. The van der Waals surface area contributed by atoms with Gasteiger partial charge in [-0.3, -0.25) is 0 Å². The van der Waals surface area contributed by atoms with Gasteiger partial charge in [-0.2, -0.15) is 0 Å². The summed E-state index contributed by atoms with van der Waals surface area (Å²) in [5, 5.41) is 0. The summed E-state index contributed by atoms with van der Waals surface area (Å²) in [7, 11) is 1.63. The smallest absolute Gasteiger partial charge is 0.330 e. The lowest BCUT2D eigenvalue weighted by Crippen LogP contribution is -2.02. The van der Waals surface area contributed by atoms with E-state index in [2.05, 4.69) is 6.92 Å². The van der Waals surface area contributed by atoms with Gasteiger partial charge < -0.3 is 9.47 Å². The second kappa shape index (κ2) is 10.1. The molecule has 1 aromatic rings. The highest BCUT2D eigenvalue weighted by Crippen LogP contribution is 2.12. The number of carbonyl (C=O) groups excluding carboxylic acids is 1. The van der Waals surface area contributed by atoms with Crippen molar-refractivity contribution in [2.24, 2.45) is 0 Å². The maximum absolute atomic E-state index is 11.5. The summed E-state index contributed by atoms with van der Waals surface area (Å²) in [5.74, 6) is 0.521. The van der Waals surface area contributed by atoms with Crippen LogP contribution in [0.4, 0.5) is 0 Å². The Morgan fingerprint density at radius 2 is 1.80 bits per heavy atom. The van der Waals surface area contributed by atoms with Crippen molar-refractivity contribution in [3.8, 4) is 5.75 Å². The van der Waals surface area contributed by atoms with Gasteiger partial charge in [0.25, 0.3) is 0 Å². The molecule has 1 aromatic carbocycles. The summed E-state index contributed by atoms with van der Waals surface area (Å²) in [6.07, 6.45) is 8.99. The molecule has 1 rings (SSSR count). The van der Waals surface area contributed by atoms with Crippen molar-refractivity contribution in [1.82, 2.24) is 0 Å². The largest absolute Gasteiger partial charge is 0.497 e. The third-order valence-corrected chi connectivity index (χ3v) is 3.02. The predicted octanol–water partition coefficient (Wildman–Crippen LogP) is 4.22. The van der Waals surface area contributed by atoms with E-state index in [1.807, 2.05) is 24.3 Å². The first kappa shape index (κ1) is 16.3. The molecule has 0 saturated heterocycles. The van der Waals surface area contributed by atoms with E-state index in [4.69, 9.17) is 9.47 Å². The number of carbonyl (C=O) groups is 1. The highest BCUT2D eigenvalue weighted by Gasteiger charge is 1.97. The van der Waals surface area contributed by atoms with Crippen molar-refractivity contribution in [3.63, 3.8) is 0 Å². The minimum Gasteiger partial charge on any atom is -0.497 e. The number of hydrogen-bond acceptors (Lipinski definition) is 3. The van der Waals surface area contributed by atoms with Gasteiger partial charge in [-0.05, 0) is 30.2 Å². The molecule has 0 unspecified atom stereocenters. The van der Waals surface area contributed by atoms with Gasteiger partial charge >= 0.3 is 5.97 Å². The Morgan fingerprint density at radius 3 is 2.45 bits per heavy atom. The van der Waals surface area contributed by atoms with Gasteiger partial charge in [0.1, 0.15) is 5.75 Å². The molecular weight excluding hydrogens is 252 g/mol. The zero-order chi connectivity index (χ0) is 14.6. The highest BCUT2D eigenvalue weighted by atomic mass is 16.5. The number of esters is 1. The molecular formula is C17H24O3. The first-order valence-electron chi connectivity index (χ1n) is 7.25. The fourth-order valence-corrected chi connectivity index (χ4v) is 1.81. The molecule has 0 spiro atoms. The van der Waals surface area contributed by atoms with Gasteiger partial charge in [0.15, 0.2) is 0 Å². The third-order valence-electron chi connectivity index (χ3n) is 3.02. The Balaban J connectivity index is 2.22. The summed E-state index contributed by atoms with van der Waals surface area (Å²) in [4.78, 5) is 11.5. The second-order valence-corrected chi connectivity index (χ2v) is 4.69. The van der Waals surface area contributed by atoms with Gasteiger partial charge in [0.05, 0.1) is 13.7 Å². The zero-order valence-corrected chi connectivity index (χ0v) is 12.4. The van der Waals surface area contributed by atoms with E-state index in [0.29, 0.717) is 6.61 Å². The molecule has 0 bridgehead atoms. The molecule has 3 heteroatoms. The molecule has 0 saturated carbocycles. The normalized spacial score (nSPS) is 10.7. The van der Waals surface area contributed by atoms with Crippen LogP contribution in [0.3, 0.4) is 0 Å². The number of unbranched alkanes of at least 4 members (excludes halogenated alkanes) is 4. The number of hydrogen-bond donors (Lipinski definition) is 0. The summed E-state index contributed by atoms with van der Waals surface area (Å²) < 4.78 is 10.2. The topological polar surface area (TPSA) is 35.5 Å². The molecule has 0 aliphatic carbocycles. The van der Waals surface area contributed by atoms with E-state index in [9.17, 15) is 4.79 Å². The van der Waals surface area contributed by atoms with Crippen molar-refractivity contribution in [1.29, 1.82) is 0 Å². The SMILES string of the molecule is CCCCCCCOC(=O)/C=C/c1ccc(OC)cc1. The van der Waals surface area contributed by atoms with Gasteiger partial charge in [-0.1, -0.05) is 44.7 Å². The van der Waals surface area contributed by atoms with Crippen LogP contribution in [0.2, 0.25) is 0 Å². The Labute approximate surface area is 121 Å². The molecule has 3 nitrogen and oxygen atoms in total. The summed E-state index contributed by atoms with van der Waals surface area (Å²) in [6.45, 7) is 2.69. The third kappa shape index (κ3) is 6.98. The number of ether oxygens (including phenoxy) is 2. The molecule has 0 N–H and O–H groups in total. The van der Waals surface area contributed by atoms with Crippen molar-refractivity contribution < 1.29 is 14.3 Å². The predicted molar refractivity (Wildman–Crippen MR) is 81.7 cm³/mol. The van der Waals surface area contributed by atoms with Crippen LogP contribution in [0.15, 0.2) is 30.3 Å².